The van der Waals surface area contributed by atoms with E-state index in [9.17, 15) is 0 Å². The van der Waals surface area contributed by atoms with Gasteiger partial charge in [0.05, 0.1) is 5.71 Å². The Balaban J connectivity index is 2.53. The molecule has 2 rings (SSSR count). The second-order valence-corrected chi connectivity index (χ2v) is 2.99. The molecule has 0 fully saturated rings. The lowest BCUT2D eigenvalue weighted by molar-refractivity contribution is 1.39. The van der Waals surface area contributed by atoms with Crippen LogP contribution >= 0.6 is 23.2 Å². The number of aliphatic imine (C=N–C) groups is 2. The van der Waals surface area contributed by atoms with Crippen molar-refractivity contribution in [3.05, 3.63) is 22.0 Å². The van der Waals surface area contributed by atoms with Crippen molar-refractivity contribution in [2.75, 3.05) is 0 Å². The van der Waals surface area contributed by atoms with E-state index in [4.69, 9.17) is 23.2 Å². The van der Waals surface area contributed by atoms with Crippen LogP contribution in [-0.2, 0) is 0 Å². The molecule has 0 amide bonds. The number of hydrogen-bond donors (Lipinski definition) is 0. The minimum absolute atomic E-state index is 0.477. The summed E-state index contributed by atoms with van der Waals surface area (Å²) < 4.78 is 0. The van der Waals surface area contributed by atoms with Gasteiger partial charge in [0.1, 0.15) is 10.3 Å². The Hall–Kier alpha value is -0.600. The molecule has 0 bridgehead atoms. The quantitative estimate of drug-likeness (QED) is 0.520. The van der Waals surface area contributed by atoms with Gasteiger partial charge >= 0.3 is 0 Å². The lowest BCUT2D eigenvalue weighted by atomic mass is 10.1. The Morgan fingerprint density at radius 3 is 2.91 bits per heavy atom. The maximum Gasteiger partial charge on any atom is 0.137 e. The molecule has 2 aliphatic rings. The van der Waals surface area contributed by atoms with E-state index in [1.54, 1.807) is 12.3 Å². The second kappa shape index (κ2) is 2.47. The molecule has 2 aliphatic heterocycles. The summed E-state index contributed by atoms with van der Waals surface area (Å²) in [7, 11) is 0. The average Bonchev–Trinajstić information content (AvgIpc) is 2.31. The normalized spacial score (nSPS) is 21.6. The molecule has 0 radical (unpaired) electrons. The maximum atomic E-state index is 5.78. The van der Waals surface area contributed by atoms with Crippen LogP contribution in [0.3, 0.4) is 0 Å². The third-order valence-electron chi connectivity index (χ3n) is 1.53. The Labute approximate surface area is 73.9 Å². The van der Waals surface area contributed by atoms with Gasteiger partial charge in [-0.15, -0.1) is 0 Å². The molecule has 0 saturated heterocycles. The fraction of sp³-hybridized carbons (Fsp3) is 0.143. The monoisotopic (exact) mass is 186 g/mol. The van der Waals surface area contributed by atoms with Crippen LogP contribution in [0.2, 0.25) is 0 Å². The van der Waals surface area contributed by atoms with Crippen molar-refractivity contribution in [2.24, 2.45) is 9.98 Å². The predicted molar refractivity (Wildman–Crippen MR) is 47.4 cm³/mol. The van der Waals surface area contributed by atoms with Crippen LogP contribution < -0.4 is 0 Å². The Morgan fingerprint density at radius 2 is 2.18 bits per heavy atom. The lowest BCUT2D eigenvalue weighted by Crippen LogP contribution is -2.03. The molecular formula is C7H4Cl2N2. The van der Waals surface area contributed by atoms with E-state index in [0.29, 0.717) is 10.3 Å². The van der Waals surface area contributed by atoms with Crippen molar-refractivity contribution < 1.29 is 0 Å². The molecule has 0 saturated carbocycles. The Morgan fingerprint density at radius 1 is 1.36 bits per heavy atom. The minimum atomic E-state index is 0.477. The molecule has 2 nitrogen and oxygen atoms in total. The van der Waals surface area contributed by atoms with Crippen LogP contribution in [0.5, 0.6) is 0 Å². The molecule has 0 unspecified atom stereocenters. The van der Waals surface area contributed by atoms with Crippen molar-refractivity contribution in [3.63, 3.8) is 0 Å². The third kappa shape index (κ3) is 1.12. The van der Waals surface area contributed by atoms with Crippen LogP contribution in [0.25, 0.3) is 0 Å². The molecule has 11 heavy (non-hydrogen) atoms. The van der Waals surface area contributed by atoms with Gasteiger partial charge in [-0.3, -0.25) is 0 Å². The van der Waals surface area contributed by atoms with E-state index in [-0.39, 0.29) is 0 Å². The van der Waals surface area contributed by atoms with Gasteiger partial charge in [0.2, 0.25) is 0 Å². The first-order chi connectivity index (χ1) is 5.27. The first-order valence-corrected chi connectivity index (χ1v) is 3.90. The summed E-state index contributed by atoms with van der Waals surface area (Å²) in [5.41, 5.74) is 1.77. The summed E-state index contributed by atoms with van der Waals surface area (Å²) >= 11 is 11.5. The van der Waals surface area contributed by atoms with Gasteiger partial charge in [-0.2, -0.15) is 0 Å². The topological polar surface area (TPSA) is 24.7 Å². The van der Waals surface area contributed by atoms with Crippen molar-refractivity contribution in [1.82, 2.24) is 0 Å². The molecule has 2 heterocycles. The molecular weight excluding hydrogens is 183 g/mol. The van der Waals surface area contributed by atoms with E-state index in [0.717, 1.165) is 17.7 Å². The Kier molecular flexibility index (Phi) is 1.59. The van der Waals surface area contributed by atoms with Crippen LogP contribution in [0.1, 0.15) is 6.42 Å². The maximum absolute atomic E-state index is 5.78. The first kappa shape index (κ1) is 7.07. The molecule has 0 N–H and O–H groups in total. The standard InChI is InChI=1S/C7H4Cl2N2/c8-6-3-4-5(11-6)1-2-10-7(4)9/h2-3H,1H2. The van der Waals surface area contributed by atoms with Crippen molar-refractivity contribution >= 4 is 35.1 Å². The summed E-state index contributed by atoms with van der Waals surface area (Å²) in [5.74, 6) is 0. The molecule has 0 atom stereocenters. The predicted octanol–water partition coefficient (Wildman–Crippen LogP) is 2.45. The van der Waals surface area contributed by atoms with Crippen LogP contribution in [-0.4, -0.2) is 11.9 Å². The van der Waals surface area contributed by atoms with E-state index in [2.05, 4.69) is 9.98 Å². The van der Waals surface area contributed by atoms with E-state index < -0.39 is 0 Å². The highest BCUT2D eigenvalue weighted by Crippen LogP contribution is 2.27. The third-order valence-corrected chi connectivity index (χ3v) is 2.02. The van der Waals surface area contributed by atoms with Gasteiger partial charge in [0, 0.05) is 18.2 Å². The van der Waals surface area contributed by atoms with Crippen molar-refractivity contribution in [2.45, 2.75) is 6.42 Å². The molecule has 0 aliphatic carbocycles. The van der Waals surface area contributed by atoms with E-state index in [1.165, 1.54) is 0 Å². The van der Waals surface area contributed by atoms with Crippen LogP contribution in [0.4, 0.5) is 0 Å². The van der Waals surface area contributed by atoms with Crippen LogP contribution in [0, 0.1) is 0 Å². The zero-order chi connectivity index (χ0) is 7.84. The van der Waals surface area contributed by atoms with Gasteiger partial charge in [-0.25, -0.2) is 9.98 Å². The summed E-state index contributed by atoms with van der Waals surface area (Å²) in [6, 6.07) is 0. The van der Waals surface area contributed by atoms with Gasteiger partial charge in [0.15, 0.2) is 0 Å². The molecule has 0 aromatic heterocycles. The van der Waals surface area contributed by atoms with E-state index >= 15 is 0 Å². The Bertz CT molecular complexity index is 323. The summed E-state index contributed by atoms with van der Waals surface area (Å²) in [6.45, 7) is 0. The highest BCUT2D eigenvalue weighted by Gasteiger charge is 2.18. The summed E-state index contributed by atoms with van der Waals surface area (Å²) in [4.78, 5) is 8.01. The summed E-state index contributed by atoms with van der Waals surface area (Å²) in [5, 5.41) is 0.962. The zero-order valence-corrected chi connectivity index (χ0v) is 7.02. The van der Waals surface area contributed by atoms with Crippen molar-refractivity contribution in [1.29, 1.82) is 0 Å². The molecule has 0 spiro atoms. The van der Waals surface area contributed by atoms with E-state index in [1.807, 2.05) is 0 Å². The van der Waals surface area contributed by atoms with Gasteiger partial charge in [-0.05, 0) is 6.08 Å². The fourth-order valence-corrected chi connectivity index (χ4v) is 1.48. The van der Waals surface area contributed by atoms with Gasteiger partial charge in [0.25, 0.3) is 0 Å². The van der Waals surface area contributed by atoms with Gasteiger partial charge < -0.3 is 0 Å². The van der Waals surface area contributed by atoms with Gasteiger partial charge in [-0.1, -0.05) is 23.2 Å². The first-order valence-electron chi connectivity index (χ1n) is 3.15. The number of rotatable bonds is 0. The second-order valence-electron chi connectivity index (χ2n) is 2.25. The van der Waals surface area contributed by atoms with Crippen LogP contribution in [0.15, 0.2) is 31.9 Å². The number of halogens is 2. The lowest BCUT2D eigenvalue weighted by Gasteiger charge is -2.04. The minimum Gasteiger partial charge on any atom is -0.248 e. The SMILES string of the molecule is ClC1=CC2=C(Cl)N=CCC2=N1. The fourth-order valence-electron chi connectivity index (χ4n) is 1.04. The number of allylic oxidation sites excluding steroid dienone is 2. The van der Waals surface area contributed by atoms with Crippen molar-refractivity contribution in [3.8, 4) is 0 Å². The smallest absolute Gasteiger partial charge is 0.137 e. The largest absolute Gasteiger partial charge is 0.248 e. The number of fused-ring (bicyclic) bond motifs is 1. The molecule has 0 aromatic carbocycles. The summed E-state index contributed by atoms with van der Waals surface area (Å²) in [6.07, 6.45) is 4.18. The zero-order valence-electron chi connectivity index (χ0n) is 5.51. The number of hydrogen-bond acceptors (Lipinski definition) is 2. The molecule has 4 heteroatoms. The molecule has 0 aromatic rings. The molecule has 56 valence electrons. The highest BCUT2D eigenvalue weighted by molar-refractivity contribution is 6.37. The average molecular weight is 187 g/mol. The number of nitrogens with zero attached hydrogens (tertiary/aromatic N) is 2. The highest BCUT2D eigenvalue weighted by atomic mass is 35.5.